The van der Waals surface area contributed by atoms with Crippen molar-refractivity contribution in [1.82, 2.24) is 9.88 Å². The number of amides is 1. The van der Waals surface area contributed by atoms with Crippen LogP contribution in [0.5, 0.6) is 0 Å². The average molecular weight is 310 g/mol. The highest BCUT2D eigenvalue weighted by Crippen LogP contribution is 2.32. The molecule has 23 heavy (non-hydrogen) atoms. The highest BCUT2D eigenvalue weighted by Gasteiger charge is 2.23. The second-order valence-corrected chi connectivity index (χ2v) is 6.19. The standard InChI is InChI=1S/C19H22N2O2/c22-18(14-21-13-5-4-8-19(21)23)20-17-11-9-16(10-12-17)15-6-2-1-3-7-15/h1-8,13,16-17H,9-12,14H2,(H,20,22). The van der Waals surface area contributed by atoms with Crippen molar-refractivity contribution >= 4 is 5.91 Å². The van der Waals surface area contributed by atoms with Crippen molar-refractivity contribution in [2.75, 3.05) is 0 Å². The van der Waals surface area contributed by atoms with Crippen molar-refractivity contribution in [2.45, 2.75) is 44.2 Å². The SMILES string of the molecule is O=C(Cn1ccccc1=O)NC1CCC(c2ccccc2)CC1. The van der Waals surface area contributed by atoms with Gasteiger partial charge in [-0.3, -0.25) is 9.59 Å². The van der Waals surface area contributed by atoms with Crippen LogP contribution in [-0.4, -0.2) is 16.5 Å². The van der Waals surface area contributed by atoms with Gasteiger partial charge in [-0.15, -0.1) is 0 Å². The summed E-state index contributed by atoms with van der Waals surface area (Å²) in [5.41, 5.74) is 1.25. The lowest BCUT2D eigenvalue weighted by Crippen LogP contribution is -2.40. The molecule has 0 saturated heterocycles. The molecule has 0 aliphatic heterocycles. The molecule has 1 heterocycles. The minimum atomic E-state index is -0.143. The first-order valence-corrected chi connectivity index (χ1v) is 8.22. The summed E-state index contributed by atoms with van der Waals surface area (Å²) in [6.07, 6.45) is 5.83. The summed E-state index contributed by atoms with van der Waals surface area (Å²) >= 11 is 0. The number of hydrogen-bond donors (Lipinski definition) is 1. The zero-order chi connectivity index (χ0) is 16.1. The lowest BCUT2D eigenvalue weighted by molar-refractivity contribution is -0.122. The van der Waals surface area contributed by atoms with Crippen molar-refractivity contribution in [3.8, 4) is 0 Å². The average Bonchev–Trinajstić information content (AvgIpc) is 2.58. The van der Waals surface area contributed by atoms with Gasteiger partial charge < -0.3 is 9.88 Å². The molecule has 2 aromatic rings. The Kier molecular flexibility index (Phi) is 4.91. The minimum absolute atomic E-state index is 0.0820. The lowest BCUT2D eigenvalue weighted by atomic mass is 9.82. The number of benzene rings is 1. The molecule has 1 N–H and O–H groups in total. The van der Waals surface area contributed by atoms with E-state index in [0.29, 0.717) is 5.92 Å². The molecule has 120 valence electrons. The Hall–Kier alpha value is -2.36. The van der Waals surface area contributed by atoms with Crippen LogP contribution in [0, 0.1) is 0 Å². The van der Waals surface area contributed by atoms with Crippen molar-refractivity contribution in [3.63, 3.8) is 0 Å². The molecule has 1 amide bonds. The fraction of sp³-hybridized carbons (Fsp3) is 0.368. The van der Waals surface area contributed by atoms with Crippen LogP contribution in [0.2, 0.25) is 0 Å². The molecule has 0 atom stereocenters. The molecule has 1 aliphatic carbocycles. The first-order chi connectivity index (χ1) is 11.2. The van der Waals surface area contributed by atoms with Crippen molar-refractivity contribution in [1.29, 1.82) is 0 Å². The summed E-state index contributed by atoms with van der Waals surface area (Å²) in [7, 11) is 0. The van der Waals surface area contributed by atoms with E-state index in [4.69, 9.17) is 0 Å². The summed E-state index contributed by atoms with van der Waals surface area (Å²) < 4.78 is 1.44. The van der Waals surface area contributed by atoms with Crippen LogP contribution in [0.4, 0.5) is 0 Å². The number of aromatic nitrogens is 1. The number of carbonyl (C=O) groups is 1. The lowest BCUT2D eigenvalue weighted by Gasteiger charge is -2.29. The van der Waals surface area contributed by atoms with Crippen LogP contribution >= 0.6 is 0 Å². The quantitative estimate of drug-likeness (QED) is 0.944. The molecule has 4 nitrogen and oxygen atoms in total. The number of nitrogens with one attached hydrogen (secondary N) is 1. The number of nitrogens with zero attached hydrogens (tertiary/aromatic N) is 1. The van der Waals surface area contributed by atoms with Gasteiger partial charge in [0, 0.05) is 18.3 Å². The minimum Gasteiger partial charge on any atom is -0.352 e. The summed E-state index contributed by atoms with van der Waals surface area (Å²) in [5, 5.41) is 3.07. The monoisotopic (exact) mass is 310 g/mol. The largest absolute Gasteiger partial charge is 0.352 e. The predicted molar refractivity (Wildman–Crippen MR) is 90.3 cm³/mol. The fourth-order valence-electron chi connectivity index (χ4n) is 3.32. The van der Waals surface area contributed by atoms with Crippen LogP contribution < -0.4 is 10.9 Å². The van der Waals surface area contributed by atoms with Crippen molar-refractivity contribution in [2.24, 2.45) is 0 Å². The van der Waals surface area contributed by atoms with E-state index in [2.05, 4.69) is 29.6 Å². The highest BCUT2D eigenvalue weighted by molar-refractivity contribution is 5.76. The first kappa shape index (κ1) is 15.5. The highest BCUT2D eigenvalue weighted by atomic mass is 16.2. The van der Waals surface area contributed by atoms with Gasteiger partial charge in [-0.1, -0.05) is 36.4 Å². The normalized spacial score (nSPS) is 20.9. The van der Waals surface area contributed by atoms with Gasteiger partial charge in [0.1, 0.15) is 6.54 Å². The van der Waals surface area contributed by atoms with E-state index < -0.39 is 0 Å². The fourth-order valence-corrected chi connectivity index (χ4v) is 3.32. The third-order valence-electron chi connectivity index (χ3n) is 4.58. The van der Waals surface area contributed by atoms with Crippen LogP contribution in [0.3, 0.4) is 0 Å². The summed E-state index contributed by atoms with van der Waals surface area (Å²) in [4.78, 5) is 23.7. The zero-order valence-corrected chi connectivity index (χ0v) is 13.2. The van der Waals surface area contributed by atoms with Gasteiger partial charge in [0.05, 0.1) is 0 Å². The Morgan fingerprint density at radius 1 is 1.00 bits per heavy atom. The van der Waals surface area contributed by atoms with Crippen LogP contribution in [0.1, 0.15) is 37.2 Å². The molecule has 1 aromatic carbocycles. The Balaban J connectivity index is 1.50. The third-order valence-corrected chi connectivity index (χ3v) is 4.58. The van der Waals surface area contributed by atoms with Crippen LogP contribution in [-0.2, 0) is 11.3 Å². The molecular formula is C19H22N2O2. The van der Waals surface area contributed by atoms with E-state index in [-0.39, 0.29) is 24.1 Å². The number of rotatable bonds is 4. The summed E-state index contributed by atoms with van der Waals surface area (Å²) in [6, 6.07) is 15.7. The first-order valence-electron chi connectivity index (χ1n) is 8.22. The summed E-state index contributed by atoms with van der Waals surface area (Å²) in [6.45, 7) is 0.0955. The van der Waals surface area contributed by atoms with Crippen molar-refractivity contribution in [3.05, 3.63) is 70.6 Å². The van der Waals surface area contributed by atoms with Gasteiger partial charge in [-0.25, -0.2) is 0 Å². The van der Waals surface area contributed by atoms with Gasteiger partial charge in [-0.05, 0) is 43.2 Å². The molecule has 3 rings (SSSR count). The predicted octanol–water partition coefficient (Wildman–Crippen LogP) is 2.69. The Morgan fingerprint density at radius 2 is 1.70 bits per heavy atom. The molecule has 1 aliphatic rings. The van der Waals surface area contributed by atoms with Gasteiger partial charge in [-0.2, -0.15) is 0 Å². The Labute approximate surface area is 136 Å². The molecule has 0 unspecified atom stereocenters. The Bertz CT molecular complexity index is 701. The number of hydrogen-bond acceptors (Lipinski definition) is 2. The maximum absolute atomic E-state index is 12.1. The second-order valence-electron chi connectivity index (χ2n) is 6.19. The molecule has 1 aromatic heterocycles. The molecule has 0 bridgehead atoms. The molecular weight excluding hydrogens is 288 g/mol. The maximum Gasteiger partial charge on any atom is 0.250 e. The molecule has 0 spiro atoms. The van der Waals surface area contributed by atoms with E-state index >= 15 is 0 Å². The van der Waals surface area contributed by atoms with Crippen LogP contribution in [0.15, 0.2) is 59.5 Å². The molecule has 0 radical (unpaired) electrons. The van der Waals surface area contributed by atoms with E-state index in [1.807, 2.05) is 6.07 Å². The smallest absolute Gasteiger partial charge is 0.250 e. The van der Waals surface area contributed by atoms with Crippen LogP contribution in [0.25, 0.3) is 0 Å². The molecule has 4 heteroatoms. The summed E-state index contributed by atoms with van der Waals surface area (Å²) in [5.74, 6) is 0.516. The van der Waals surface area contributed by atoms with Gasteiger partial charge in [0.2, 0.25) is 5.91 Å². The van der Waals surface area contributed by atoms with Gasteiger partial charge >= 0.3 is 0 Å². The van der Waals surface area contributed by atoms with Gasteiger partial charge in [0.15, 0.2) is 0 Å². The van der Waals surface area contributed by atoms with Crippen molar-refractivity contribution < 1.29 is 4.79 Å². The number of carbonyl (C=O) groups excluding carboxylic acids is 1. The second kappa shape index (κ2) is 7.27. The molecule has 1 fully saturated rings. The van der Waals surface area contributed by atoms with Gasteiger partial charge in [0.25, 0.3) is 5.56 Å². The van der Waals surface area contributed by atoms with E-state index in [1.165, 1.54) is 16.2 Å². The van der Waals surface area contributed by atoms with E-state index in [9.17, 15) is 9.59 Å². The maximum atomic E-state index is 12.1. The third kappa shape index (κ3) is 4.09. The zero-order valence-electron chi connectivity index (χ0n) is 13.2. The van der Waals surface area contributed by atoms with E-state index in [1.54, 1.807) is 18.3 Å². The Morgan fingerprint density at radius 3 is 2.39 bits per heavy atom. The molecule has 1 saturated carbocycles. The van der Waals surface area contributed by atoms with E-state index in [0.717, 1.165) is 25.7 Å². The topological polar surface area (TPSA) is 51.1 Å². The number of pyridine rings is 1.